The van der Waals surface area contributed by atoms with Crippen molar-refractivity contribution in [2.45, 2.75) is 38.8 Å². The van der Waals surface area contributed by atoms with Crippen molar-refractivity contribution in [2.75, 3.05) is 7.05 Å². The van der Waals surface area contributed by atoms with Crippen LogP contribution in [0.1, 0.15) is 33.4 Å². The van der Waals surface area contributed by atoms with Gasteiger partial charge in [-0.1, -0.05) is 11.6 Å². The number of aromatic nitrogens is 1. The molecule has 0 bridgehead atoms. The zero-order valence-corrected chi connectivity index (χ0v) is 14.7. The fraction of sp³-hybridized carbons (Fsp3) is 0.412. The monoisotopic (exact) mass is 336 g/mol. The first kappa shape index (κ1) is 17.3. The summed E-state index contributed by atoms with van der Waals surface area (Å²) in [5.41, 5.74) is -0.370. The number of nitrogens with one attached hydrogen (secondary N) is 1. The highest BCUT2D eigenvalue weighted by Crippen LogP contribution is 2.30. The smallest absolute Gasteiger partial charge is 0.411 e. The van der Waals surface area contributed by atoms with Gasteiger partial charge in [0.15, 0.2) is 6.29 Å². The molecule has 1 amide bonds. The Bertz CT molecular complexity index is 748. The van der Waals surface area contributed by atoms with E-state index in [1.165, 1.54) is 4.90 Å². The van der Waals surface area contributed by atoms with Gasteiger partial charge in [0.05, 0.1) is 0 Å². The van der Waals surface area contributed by atoms with E-state index in [1.54, 1.807) is 46.9 Å². The van der Waals surface area contributed by atoms with Crippen LogP contribution in [0.25, 0.3) is 10.9 Å². The Balaban J connectivity index is 2.41. The Morgan fingerprint density at radius 1 is 1.26 bits per heavy atom. The number of aldehydes is 1. The summed E-state index contributed by atoms with van der Waals surface area (Å²) < 4.78 is 5.36. The van der Waals surface area contributed by atoms with Crippen LogP contribution >= 0.6 is 11.6 Å². The third-order valence-electron chi connectivity index (χ3n) is 3.72. The molecule has 0 saturated heterocycles. The molecular weight excluding hydrogens is 316 g/mol. The van der Waals surface area contributed by atoms with E-state index in [-0.39, 0.29) is 0 Å². The van der Waals surface area contributed by atoms with Crippen LogP contribution in [0, 0.1) is 0 Å². The number of carbonyl (C=O) groups excluding carboxylic acids is 2. The van der Waals surface area contributed by atoms with Gasteiger partial charge >= 0.3 is 6.09 Å². The maximum Gasteiger partial charge on any atom is 0.411 e. The third kappa shape index (κ3) is 3.50. The quantitative estimate of drug-likeness (QED) is 0.858. The van der Waals surface area contributed by atoms with Gasteiger partial charge in [-0.2, -0.15) is 0 Å². The van der Waals surface area contributed by atoms with E-state index in [4.69, 9.17) is 16.3 Å². The highest BCUT2D eigenvalue weighted by molar-refractivity contribution is 6.31. The van der Waals surface area contributed by atoms with Crippen LogP contribution in [-0.2, 0) is 15.1 Å². The average Bonchev–Trinajstić information content (AvgIpc) is 2.87. The number of benzene rings is 1. The summed E-state index contributed by atoms with van der Waals surface area (Å²) in [5, 5.41) is 1.48. The van der Waals surface area contributed by atoms with E-state index < -0.39 is 17.2 Å². The van der Waals surface area contributed by atoms with Gasteiger partial charge in [-0.25, -0.2) is 4.79 Å². The van der Waals surface area contributed by atoms with Gasteiger partial charge in [-0.05, 0) is 52.0 Å². The van der Waals surface area contributed by atoms with Crippen LogP contribution in [0.4, 0.5) is 4.79 Å². The zero-order valence-electron chi connectivity index (χ0n) is 13.9. The lowest BCUT2D eigenvalue weighted by Gasteiger charge is -2.34. The number of nitrogens with zero attached hydrogens (tertiary/aromatic N) is 1. The van der Waals surface area contributed by atoms with E-state index >= 15 is 0 Å². The van der Waals surface area contributed by atoms with E-state index in [2.05, 4.69) is 4.98 Å². The molecule has 0 aliphatic heterocycles. The first-order chi connectivity index (χ1) is 10.6. The molecule has 0 aliphatic rings. The Labute approximate surface area is 140 Å². The number of H-pyrrole nitrogens is 1. The number of hydrogen-bond donors (Lipinski definition) is 1. The first-order valence-corrected chi connectivity index (χ1v) is 7.66. The Morgan fingerprint density at radius 2 is 1.91 bits per heavy atom. The summed E-state index contributed by atoms with van der Waals surface area (Å²) in [5.74, 6) is 0. The molecule has 1 unspecified atom stereocenters. The summed E-state index contributed by atoms with van der Waals surface area (Å²) in [6.45, 7) is 7.00. The number of amides is 1. The largest absolute Gasteiger partial charge is 0.444 e. The number of likely N-dealkylation sites (N-methyl/N-ethyl adjacent to an activating group) is 1. The van der Waals surface area contributed by atoms with Gasteiger partial charge in [0.25, 0.3) is 0 Å². The van der Waals surface area contributed by atoms with Crippen LogP contribution < -0.4 is 0 Å². The fourth-order valence-corrected chi connectivity index (χ4v) is 2.40. The third-order valence-corrected chi connectivity index (χ3v) is 3.96. The molecule has 6 heteroatoms. The maximum absolute atomic E-state index is 12.3. The van der Waals surface area contributed by atoms with Crippen LogP contribution in [0.5, 0.6) is 0 Å². The molecule has 5 nitrogen and oxygen atoms in total. The Hall–Kier alpha value is -2.01. The molecule has 0 radical (unpaired) electrons. The van der Waals surface area contributed by atoms with Crippen LogP contribution in [-0.4, -0.2) is 34.9 Å². The second-order valence-corrected chi connectivity index (χ2v) is 7.16. The zero-order chi connectivity index (χ0) is 17.4. The summed E-state index contributed by atoms with van der Waals surface area (Å²) in [6.07, 6.45) is 0.160. The lowest BCUT2D eigenvalue weighted by Crippen LogP contribution is -2.48. The Morgan fingerprint density at radius 3 is 2.48 bits per heavy atom. The standard InChI is InChI=1S/C17H21ClN2O3/c1-16(2,3)23-15(22)20(5)17(4,10-21)14-9-11-8-12(18)6-7-13(11)19-14/h6-10,19H,1-5H3. The number of fused-ring (bicyclic) bond motifs is 1. The molecule has 1 aromatic heterocycles. The fourth-order valence-electron chi connectivity index (χ4n) is 2.22. The van der Waals surface area contributed by atoms with Crippen molar-refractivity contribution < 1.29 is 14.3 Å². The van der Waals surface area contributed by atoms with Crippen molar-refractivity contribution in [3.05, 3.63) is 35.0 Å². The molecule has 2 rings (SSSR count). The minimum atomic E-state index is -1.17. The van der Waals surface area contributed by atoms with E-state index in [1.807, 2.05) is 12.1 Å². The summed E-state index contributed by atoms with van der Waals surface area (Å²) in [4.78, 5) is 28.6. The minimum absolute atomic E-state index is 0.566. The molecule has 0 fully saturated rings. The summed E-state index contributed by atoms with van der Waals surface area (Å²) in [7, 11) is 1.54. The van der Waals surface area contributed by atoms with Crippen LogP contribution in [0.3, 0.4) is 0 Å². The van der Waals surface area contributed by atoms with Crippen molar-refractivity contribution in [2.24, 2.45) is 0 Å². The van der Waals surface area contributed by atoms with Gasteiger partial charge in [0.2, 0.25) is 0 Å². The van der Waals surface area contributed by atoms with Crippen LogP contribution in [0.2, 0.25) is 5.02 Å². The second kappa shape index (κ2) is 5.89. The van der Waals surface area contributed by atoms with Crippen molar-refractivity contribution in [1.29, 1.82) is 0 Å². The first-order valence-electron chi connectivity index (χ1n) is 7.29. The van der Waals surface area contributed by atoms with Crippen molar-refractivity contribution in [3.63, 3.8) is 0 Å². The molecule has 2 aromatic rings. The molecule has 124 valence electrons. The molecule has 0 aliphatic carbocycles. The number of aromatic amines is 1. The minimum Gasteiger partial charge on any atom is -0.444 e. The normalized spacial score (nSPS) is 14.3. The van der Waals surface area contributed by atoms with E-state index in [0.29, 0.717) is 10.7 Å². The van der Waals surface area contributed by atoms with E-state index in [9.17, 15) is 9.59 Å². The highest BCUT2D eigenvalue weighted by atomic mass is 35.5. The lowest BCUT2D eigenvalue weighted by atomic mass is 9.98. The highest BCUT2D eigenvalue weighted by Gasteiger charge is 2.38. The van der Waals surface area contributed by atoms with E-state index in [0.717, 1.165) is 17.2 Å². The predicted molar refractivity (Wildman–Crippen MR) is 90.7 cm³/mol. The maximum atomic E-state index is 12.3. The molecular formula is C17H21ClN2O3. The predicted octanol–water partition coefficient (Wildman–Crippen LogP) is 4.10. The van der Waals surface area contributed by atoms with Gasteiger partial charge in [0.1, 0.15) is 11.1 Å². The summed E-state index contributed by atoms with van der Waals surface area (Å²) in [6, 6.07) is 7.21. The molecule has 0 spiro atoms. The summed E-state index contributed by atoms with van der Waals surface area (Å²) >= 11 is 5.99. The SMILES string of the molecule is CN(C(=O)OC(C)(C)C)C(C)(C=O)c1cc2cc(Cl)ccc2[nH]1. The lowest BCUT2D eigenvalue weighted by molar-refractivity contribution is -0.117. The molecule has 23 heavy (non-hydrogen) atoms. The molecule has 0 saturated carbocycles. The number of halogens is 1. The second-order valence-electron chi connectivity index (χ2n) is 6.72. The topological polar surface area (TPSA) is 62.4 Å². The van der Waals surface area contributed by atoms with Crippen molar-refractivity contribution in [1.82, 2.24) is 9.88 Å². The van der Waals surface area contributed by atoms with Crippen molar-refractivity contribution in [3.8, 4) is 0 Å². The number of hydrogen-bond acceptors (Lipinski definition) is 3. The van der Waals surface area contributed by atoms with Gasteiger partial charge in [-0.15, -0.1) is 0 Å². The molecule has 1 heterocycles. The molecule has 1 atom stereocenters. The number of carbonyl (C=O) groups is 2. The Kier molecular flexibility index (Phi) is 4.44. The van der Waals surface area contributed by atoms with Crippen LogP contribution in [0.15, 0.2) is 24.3 Å². The number of ether oxygens (including phenoxy) is 1. The van der Waals surface area contributed by atoms with Gasteiger partial charge in [0, 0.05) is 28.7 Å². The van der Waals surface area contributed by atoms with Crippen molar-refractivity contribution >= 4 is 34.9 Å². The molecule has 1 aromatic carbocycles. The van der Waals surface area contributed by atoms with Gasteiger partial charge < -0.3 is 14.5 Å². The average molecular weight is 337 g/mol. The molecule has 1 N–H and O–H groups in total. The van der Waals surface area contributed by atoms with Gasteiger partial charge in [-0.3, -0.25) is 4.90 Å². The number of rotatable bonds is 3.